The third-order valence-corrected chi connectivity index (χ3v) is 5.06. The molecule has 0 saturated heterocycles. The number of hydrogen-bond donors (Lipinski definition) is 2. The van der Waals surface area contributed by atoms with Gasteiger partial charge in [-0.1, -0.05) is 28.1 Å². The third-order valence-electron chi connectivity index (χ3n) is 3.63. The lowest BCUT2D eigenvalue weighted by Gasteiger charge is -2.21. The highest BCUT2D eigenvalue weighted by Crippen LogP contribution is 2.11. The number of carbonyl (C=O) groups excluding carboxylic acids is 1. The van der Waals surface area contributed by atoms with Crippen molar-refractivity contribution in [3.8, 4) is 0 Å². The molecule has 1 amide bonds. The van der Waals surface area contributed by atoms with Crippen molar-refractivity contribution < 1.29 is 4.79 Å². The molecule has 0 fully saturated rings. The molecular weight excluding hydrogens is 527 g/mol. The van der Waals surface area contributed by atoms with Gasteiger partial charge in [0.1, 0.15) is 0 Å². The van der Waals surface area contributed by atoms with Crippen LogP contribution in [-0.2, 0) is 6.42 Å². The van der Waals surface area contributed by atoms with E-state index in [2.05, 4.69) is 54.0 Å². The summed E-state index contributed by atoms with van der Waals surface area (Å²) in [7, 11) is 3.78. The summed E-state index contributed by atoms with van der Waals surface area (Å²) in [5.41, 5.74) is 0.645. The molecule has 1 aromatic carbocycles. The molecule has 0 atom stereocenters. The van der Waals surface area contributed by atoms with E-state index >= 15 is 0 Å². The number of carbonyl (C=O) groups is 1. The molecule has 1 aromatic heterocycles. The molecule has 0 saturated carbocycles. The molecule has 0 radical (unpaired) electrons. The summed E-state index contributed by atoms with van der Waals surface area (Å²) in [4.78, 5) is 19.8. The van der Waals surface area contributed by atoms with Crippen molar-refractivity contribution in [1.82, 2.24) is 15.5 Å². The largest absolute Gasteiger partial charge is 0.354 e. The summed E-state index contributed by atoms with van der Waals surface area (Å²) in [6.45, 7) is 2.05. The number of halogens is 2. The third kappa shape index (κ3) is 7.63. The number of rotatable bonds is 7. The fourth-order valence-electron chi connectivity index (χ4n) is 2.31. The van der Waals surface area contributed by atoms with E-state index in [4.69, 9.17) is 0 Å². The predicted octanol–water partition coefficient (Wildman–Crippen LogP) is 3.61. The molecular formula is C18H24BrIN4OS. The number of benzene rings is 1. The van der Waals surface area contributed by atoms with Crippen LogP contribution < -0.4 is 10.6 Å². The maximum Gasteiger partial charge on any atom is 0.251 e. The fourth-order valence-corrected chi connectivity index (χ4v) is 3.40. The van der Waals surface area contributed by atoms with Gasteiger partial charge < -0.3 is 15.5 Å². The van der Waals surface area contributed by atoms with Gasteiger partial charge in [-0.25, -0.2) is 0 Å². The molecule has 8 heteroatoms. The van der Waals surface area contributed by atoms with Gasteiger partial charge in [-0.3, -0.25) is 9.79 Å². The van der Waals surface area contributed by atoms with Gasteiger partial charge in [0.25, 0.3) is 5.91 Å². The van der Waals surface area contributed by atoms with Crippen LogP contribution in [0.25, 0.3) is 0 Å². The Morgan fingerprint density at radius 1 is 1.23 bits per heavy atom. The summed E-state index contributed by atoms with van der Waals surface area (Å²) in [5.74, 6) is 0.748. The lowest BCUT2D eigenvalue weighted by molar-refractivity contribution is 0.0954. The van der Waals surface area contributed by atoms with Gasteiger partial charge in [0.05, 0.1) is 0 Å². The highest BCUT2D eigenvalue weighted by Gasteiger charge is 2.07. The Kier molecular flexibility index (Phi) is 10.8. The summed E-state index contributed by atoms with van der Waals surface area (Å²) in [5, 5.41) is 8.27. The smallest absolute Gasteiger partial charge is 0.251 e. The van der Waals surface area contributed by atoms with Gasteiger partial charge in [0, 0.05) is 48.6 Å². The maximum atomic E-state index is 12.1. The Hall–Kier alpha value is -1.13. The van der Waals surface area contributed by atoms with Crippen LogP contribution in [0.3, 0.4) is 0 Å². The minimum atomic E-state index is -0.0795. The lowest BCUT2D eigenvalue weighted by Crippen LogP contribution is -2.43. The van der Waals surface area contributed by atoms with Crippen molar-refractivity contribution in [2.45, 2.75) is 6.42 Å². The van der Waals surface area contributed by atoms with Crippen molar-refractivity contribution in [2.75, 3.05) is 33.7 Å². The van der Waals surface area contributed by atoms with Crippen LogP contribution >= 0.6 is 51.2 Å². The van der Waals surface area contributed by atoms with Gasteiger partial charge in [0.15, 0.2) is 5.96 Å². The number of nitrogens with one attached hydrogen (secondary N) is 2. The van der Waals surface area contributed by atoms with E-state index in [9.17, 15) is 4.79 Å². The summed E-state index contributed by atoms with van der Waals surface area (Å²) >= 11 is 5.14. The van der Waals surface area contributed by atoms with Crippen LogP contribution in [0.5, 0.6) is 0 Å². The Morgan fingerprint density at radius 2 is 2.00 bits per heavy atom. The molecule has 2 N–H and O–H groups in total. The SMILES string of the molecule is CN=C(NCCNC(=O)c1cccc(Br)c1)N(C)CCc1cccs1.I. The topological polar surface area (TPSA) is 56.7 Å². The minimum absolute atomic E-state index is 0. The molecule has 142 valence electrons. The van der Waals surface area contributed by atoms with Crippen molar-refractivity contribution in [3.63, 3.8) is 0 Å². The highest BCUT2D eigenvalue weighted by atomic mass is 127. The second-order valence-corrected chi connectivity index (χ2v) is 7.44. The zero-order valence-corrected chi connectivity index (χ0v) is 19.6. The molecule has 2 rings (SSSR count). The van der Waals surface area contributed by atoms with Crippen LogP contribution in [0.1, 0.15) is 15.2 Å². The molecule has 1 heterocycles. The van der Waals surface area contributed by atoms with Crippen LogP contribution in [0.2, 0.25) is 0 Å². The van der Waals surface area contributed by atoms with Crippen LogP contribution in [-0.4, -0.2) is 50.5 Å². The van der Waals surface area contributed by atoms with E-state index < -0.39 is 0 Å². The average molecular weight is 551 g/mol. The Bertz CT molecular complexity index is 709. The van der Waals surface area contributed by atoms with Crippen molar-refractivity contribution in [1.29, 1.82) is 0 Å². The highest BCUT2D eigenvalue weighted by molar-refractivity contribution is 14.0. The molecule has 0 spiro atoms. The lowest BCUT2D eigenvalue weighted by atomic mass is 10.2. The van der Waals surface area contributed by atoms with Crippen molar-refractivity contribution in [3.05, 3.63) is 56.7 Å². The fraction of sp³-hybridized carbons (Fsp3) is 0.333. The van der Waals surface area contributed by atoms with Gasteiger partial charge in [-0.2, -0.15) is 0 Å². The molecule has 0 bridgehead atoms. The Morgan fingerprint density at radius 3 is 2.65 bits per heavy atom. The normalized spacial score (nSPS) is 10.8. The monoisotopic (exact) mass is 550 g/mol. The first-order chi connectivity index (χ1) is 12.1. The second-order valence-electron chi connectivity index (χ2n) is 5.49. The number of guanidine groups is 1. The van der Waals surface area contributed by atoms with Gasteiger partial charge in [-0.15, -0.1) is 35.3 Å². The standard InChI is InChI=1S/C18H23BrN4OS.HI/c1-20-18(23(2)11-8-16-7-4-12-25-16)22-10-9-21-17(24)14-5-3-6-15(19)13-14;/h3-7,12-13H,8-11H2,1-2H3,(H,20,22)(H,21,24);1H. The summed E-state index contributed by atoms with van der Waals surface area (Å²) in [6.07, 6.45) is 0.995. The van der Waals surface area contributed by atoms with Crippen LogP contribution in [0, 0.1) is 0 Å². The van der Waals surface area contributed by atoms with Gasteiger partial charge in [0.2, 0.25) is 0 Å². The molecule has 0 aliphatic carbocycles. The van der Waals surface area contributed by atoms with E-state index in [1.807, 2.05) is 19.2 Å². The summed E-state index contributed by atoms with van der Waals surface area (Å²) < 4.78 is 0.894. The second kappa shape index (κ2) is 12.3. The van der Waals surface area contributed by atoms with E-state index in [-0.39, 0.29) is 29.9 Å². The van der Waals surface area contributed by atoms with E-state index in [1.54, 1.807) is 30.5 Å². The number of hydrogen-bond acceptors (Lipinski definition) is 3. The van der Waals surface area contributed by atoms with Crippen molar-refractivity contribution in [2.24, 2.45) is 4.99 Å². The van der Waals surface area contributed by atoms with E-state index in [0.29, 0.717) is 18.7 Å². The number of nitrogens with zero attached hydrogens (tertiary/aromatic N) is 2. The van der Waals surface area contributed by atoms with Crippen LogP contribution in [0.15, 0.2) is 51.2 Å². The first-order valence-corrected chi connectivity index (χ1v) is 9.75. The average Bonchev–Trinajstić information content (AvgIpc) is 3.13. The minimum Gasteiger partial charge on any atom is -0.354 e. The first-order valence-electron chi connectivity index (χ1n) is 8.08. The van der Waals surface area contributed by atoms with E-state index in [1.165, 1.54) is 4.88 Å². The number of thiophene rings is 1. The molecule has 2 aromatic rings. The Labute approximate surface area is 184 Å². The molecule has 26 heavy (non-hydrogen) atoms. The number of amides is 1. The molecule has 0 aliphatic rings. The Balaban J connectivity index is 0.00000338. The van der Waals surface area contributed by atoms with E-state index in [0.717, 1.165) is 23.4 Å². The molecule has 0 aliphatic heterocycles. The number of aliphatic imine (C=N–C) groups is 1. The first kappa shape index (κ1) is 22.9. The zero-order chi connectivity index (χ0) is 18.1. The summed E-state index contributed by atoms with van der Waals surface area (Å²) in [6, 6.07) is 11.6. The predicted molar refractivity (Wildman–Crippen MR) is 124 cm³/mol. The van der Waals surface area contributed by atoms with Crippen LogP contribution in [0.4, 0.5) is 0 Å². The van der Waals surface area contributed by atoms with Gasteiger partial charge in [-0.05, 0) is 36.1 Å². The quantitative estimate of drug-likeness (QED) is 0.240. The van der Waals surface area contributed by atoms with Crippen molar-refractivity contribution >= 4 is 63.1 Å². The van der Waals surface area contributed by atoms with Gasteiger partial charge >= 0.3 is 0 Å². The number of likely N-dealkylation sites (N-methyl/N-ethyl adjacent to an activating group) is 1. The molecule has 5 nitrogen and oxygen atoms in total. The maximum absolute atomic E-state index is 12.1. The molecule has 0 unspecified atom stereocenters. The zero-order valence-electron chi connectivity index (χ0n) is 14.9.